The minimum Gasteiger partial charge on any atom is -0.462 e. The Bertz CT molecular complexity index is 2080. The maximum absolute atomic E-state index is 16.7. The summed E-state index contributed by atoms with van der Waals surface area (Å²) in [5, 5.41) is 9.39. The summed E-state index contributed by atoms with van der Waals surface area (Å²) in [6, 6.07) is 18.5. The summed E-state index contributed by atoms with van der Waals surface area (Å²) in [4.78, 5) is 42.5. The van der Waals surface area contributed by atoms with Crippen LogP contribution in [0.5, 0.6) is 6.01 Å². The van der Waals surface area contributed by atoms with E-state index in [-0.39, 0.29) is 41.8 Å². The highest BCUT2D eigenvalue weighted by molar-refractivity contribution is 6.36. The minimum absolute atomic E-state index is 0.0416. The zero-order chi connectivity index (χ0) is 33.6. The quantitative estimate of drug-likeness (QED) is 0.212. The third-order valence-electron chi connectivity index (χ3n) is 9.98. The molecule has 3 fully saturated rings. The zero-order valence-corrected chi connectivity index (χ0v) is 27.7. The maximum atomic E-state index is 16.7. The van der Waals surface area contributed by atoms with E-state index in [0.29, 0.717) is 58.0 Å². The lowest BCUT2D eigenvalue weighted by atomic mass is 10.0. The van der Waals surface area contributed by atoms with E-state index in [1.54, 1.807) is 36.5 Å². The van der Waals surface area contributed by atoms with Crippen LogP contribution in [0.1, 0.15) is 40.0 Å². The first-order valence-corrected chi connectivity index (χ1v) is 17.0. The fraction of sp³-hybridized carbons (Fsp3) is 0.324. The molecule has 10 nitrogen and oxygen atoms in total. The number of anilines is 1. The summed E-state index contributed by atoms with van der Waals surface area (Å²) in [6.07, 6.45) is 5.19. The number of piperazine rings is 1. The van der Waals surface area contributed by atoms with E-state index < -0.39 is 5.82 Å². The van der Waals surface area contributed by atoms with Crippen molar-refractivity contribution in [1.82, 2.24) is 30.5 Å². The highest BCUT2D eigenvalue weighted by Gasteiger charge is 2.35. The van der Waals surface area contributed by atoms with E-state index >= 15 is 4.39 Å². The first-order chi connectivity index (χ1) is 23.8. The molecule has 49 heavy (non-hydrogen) atoms. The number of hydrogen-bond donors (Lipinski definition) is 2. The Labute approximate surface area is 287 Å². The van der Waals surface area contributed by atoms with Gasteiger partial charge in [0.1, 0.15) is 29.9 Å². The Morgan fingerprint density at radius 2 is 1.86 bits per heavy atom. The summed E-state index contributed by atoms with van der Waals surface area (Å²) < 4.78 is 23.0. The second kappa shape index (κ2) is 13.0. The van der Waals surface area contributed by atoms with Gasteiger partial charge in [0.25, 0.3) is 5.91 Å². The standard InChI is InChI=1S/C37H35ClFN7O3/c1-45-16-26(42-36(48)23-8-2-5-21(13-23)19-47)14-27(45)20-49-37-43-34-29(35(44-37)46-17-24-11-12-25(18-46)41-24)15-40-33(32(34)39)28-9-3-6-22-7-4-10-30(38)31(22)28/h2-10,13,15,19,24-27,41H,11-12,14,16-18,20H2,1H3,(H,42,48)/t24-,25+,26-,27+/m1/s1. The molecule has 0 spiro atoms. The average molecular weight is 680 g/mol. The summed E-state index contributed by atoms with van der Waals surface area (Å²) in [5.41, 5.74) is 1.78. The van der Waals surface area contributed by atoms with Gasteiger partial charge >= 0.3 is 6.01 Å². The Morgan fingerprint density at radius 1 is 1.08 bits per heavy atom. The normalized spacial score (nSPS) is 22.1. The van der Waals surface area contributed by atoms with Gasteiger partial charge in [-0.05, 0) is 49.9 Å². The molecule has 3 saturated heterocycles. The summed E-state index contributed by atoms with van der Waals surface area (Å²) in [6.45, 7) is 2.36. The molecule has 250 valence electrons. The number of halogens is 2. The van der Waals surface area contributed by atoms with Crippen LogP contribution >= 0.6 is 11.6 Å². The molecular formula is C37H35ClFN7O3. The van der Waals surface area contributed by atoms with Crippen LogP contribution in [-0.2, 0) is 0 Å². The van der Waals surface area contributed by atoms with Crippen LogP contribution in [0.2, 0.25) is 5.02 Å². The van der Waals surface area contributed by atoms with Gasteiger partial charge in [-0.3, -0.25) is 19.5 Å². The molecule has 3 aliphatic rings. The molecule has 5 aromatic rings. The van der Waals surface area contributed by atoms with Gasteiger partial charge < -0.3 is 20.3 Å². The largest absolute Gasteiger partial charge is 0.462 e. The molecule has 3 aromatic carbocycles. The number of likely N-dealkylation sites (tertiary alicyclic amines) is 1. The van der Waals surface area contributed by atoms with Gasteiger partial charge in [-0.15, -0.1) is 0 Å². The third-order valence-corrected chi connectivity index (χ3v) is 10.3. The van der Waals surface area contributed by atoms with Gasteiger partial charge in [0.15, 0.2) is 5.82 Å². The summed E-state index contributed by atoms with van der Waals surface area (Å²) >= 11 is 6.62. The SMILES string of the molecule is CN1C[C@H](NC(=O)c2cccc(C=O)c2)C[C@H]1COc1nc(N2C[C@H]3CC[C@@H](C2)N3)c2cnc(-c3cccc4cccc(Cl)c34)c(F)c2n1. The number of aromatic nitrogens is 3. The molecule has 4 atom stereocenters. The highest BCUT2D eigenvalue weighted by atomic mass is 35.5. The van der Waals surface area contributed by atoms with Gasteiger partial charge in [0.2, 0.25) is 0 Å². The molecule has 0 unspecified atom stereocenters. The first-order valence-electron chi connectivity index (χ1n) is 16.6. The second-order valence-electron chi connectivity index (χ2n) is 13.3. The van der Waals surface area contributed by atoms with E-state index in [4.69, 9.17) is 21.3 Å². The summed E-state index contributed by atoms with van der Waals surface area (Å²) in [7, 11) is 1.98. The van der Waals surface area contributed by atoms with Gasteiger partial charge in [-0.1, -0.05) is 54.1 Å². The van der Waals surface area contributed by atoms with Crippen LogP contribution < -0.4 is 20.3 Å². The van der Waals surface area contributed by atoms with Crippen LogP contribution in [0, 0.1) is 5.82 Å². The van der Waals surface area contributed by atoms with E-state index in [1.165, 1.54) is 0 Å². The van der Waals surface area contributed by atoms with Crippen molar-refractivity contribution in [2.24, 2.45) is 0 Å². The number of carbonyl (C=O) groups excluding carboxylic acids is 2. The summed E-state index contributed by atoms with van der Waals surface area (Å²) in [5.74, 6) is -0.186. The molecule has 2 N–H and O–H groups in total. The Morgan fingerprint density at radius 3 is 2.65 bits per heavy atom. The number of hydrogen-bond acceptors (Lipinski definition) is 9. The predicted octanol–water partition coefficient (Wildman–Crippen LogP) is 5.27. The van der Waals surface area contributed by atoms with Crippen molar-refractivity contribution in [2.75, 3.05) is 38.2 Å². The van der Waals surface area contributed by atoms with Crippen LogP contribution in [-0.4, -0.2) is 89.5 Å². The fourth-order valence-electron chi connectivity index (χ4n) is 7.55. The van der Waals surface area contributed by atoms with Crippen molar-refractivity contribution in [2.45, 2.75) is 43.4 Å². The van der Waals surface area contributed by atoms with E-state index in [9.17, 15) is 9.59 Å². The van der Waals surface area contributed by atoms with Gasteiger partial charge in [0, 0.05) is 77.1 Å². The number of aldehydes is 1. The molecule has 2 bridgehead atoms. The van der Waals surface area contributed by atoms with Crippen molar-refractivity contribution in [3.63, 3.8) is 0 Å². The topological polar surface area (TPSA) is 113 Å². The maximum Gasteiger partial charge on any atom is 0.319 e. The number of benzene rings is 3. The van der Waals surface area contributed by atoms with Crippen LogP contribution in [0.3, 0.4) is 0 Å². The Balaban J connectivity index is 1.09. The predicted molar refractivity (Wildman–Crippen MR) is 187 cm³/mol. The van der Waals surface area contributed by atoms with Crippen LogP contribution in [0.25, 0.3) is 32.9 Å². The molecular weight excluding hydrogens is 645 g/mol. The first kappa shape index (κ1) is 31.6. The minimum atomic E-state index is -0.559. The number of likely N-dealkylation sites (N-methyl/N-ethyl adjacent to an activating group) is 1. The average Bonchev–Trinajstić information content (AvgIpc) is 3.65. The lowest BCUT2D eigenvalue weighted by molar-refractivity contribution is 0.0938. The number of fused-ring (bicyclic) bond motifs is 4. The number of pyridine rings is 1. The molecule has 0 saturated carbocycles. The number of nitrogens with one attached hydrogen (secondary N) is 2. The second-order valence-corrected chi connectivity index (χ2v) is 13.7. The molecule has 5 heterocycles. The van der Waals surface area contributed by atoms with Crippen molar-refractivity contribution in [1.29, 1.82) is 0 Å². The monoisotopic (exact) mass is 679 g/mol. The number of nitrogens with zero attached hydrogens (tertiary/aromatic N) is 5. The van der Waals surface area contributed by atoms with Gasteiger partial charge in [-0.2, -0.15) is 9.97 Å². The molecule has 0 aliphatic carbocycles. The number of amides is 1. The number of carbonyl (C=O) groups is 2. The smallest absolute Gasteiger partial charge is 0.319 e. The van der Waals surface area contributed by atoms with E-state index in [2.05, 4.69) is 30.4 Å². The van der Waals surface area contributed by atoms with Crippen LogP contribution in [0.15, 0.2) is 66.9 Å². The third kappa shape index (κ3) is 6.07. The van der Waals surface area contributed by atoms with Crippen molar-refractivity contribution >= 4 is 51.3 Å². The fourth-order valence-corrected chi connectivity index (χ4v) is 7.83. The molecule has 8 rings (SSSR count). The van der Waals surface area contributed by atoms with E-state index in [1.807, 2.05) is 37.4 Å². The van der Waals surface area contributed by atoms with Gasteiger partial charge in [0.05, 0.1) is 5.39 Å². The lowest BCUT2D eigenvalue weighted by Crippen LogP contribution is -2.51. The number of ether oxygens (including phenoxy) is 1. The highest BCUT2D eigenvalue weighted by Crippen LogP contribution is 2.38. The lowest BCUT2D eigenvalue weighted by Gasteiger charge is -2.34. The molecule has 0 radical (unpaired) electrons. The molecule has 1 amide bonds. The van der Waals surface area contributed by atoms with Crippen LogP contribution in [0.4, 0.5) is 10.2 Å². The number of rotatable bonds is 8. The van der Waals surface area contributed by atoms with Crippen molar-refractivity contribution < 1.29 is 18.7 Å². The molecule has 3 aliphatic heterocycles. The Hall–Kier alpha value is -4.71. The Kier molecular flexibility index (Phi) is 8.35. The van der Waals surface area contributed by atoms with Crippen molar-refractivity contribution in [3.05, 3.63) is 88.8 Å². The van der Waals surface area contributed by atoms with Crippen molar-refractivity contribution in [3.8, 4) is 17.3 Å². The molecule has 2 aromatic heterocycles. The van der Waals surface area contributed by atoms with E-state index in [0.717, 1.165) is 43.0 Å². The van der Waals surface area contributed by atoms with Gasteiger partial charge in [-0.25, -0.2) is 4.39 Å². The molecule has 12 heteroatoms. The zero-order valence-electron chi connectivity index (χ0n) is 26.9.